The number of benzene rings is 3. The van der Waals surface area contributed by atoms with Crippen LogP contribution in [0, 0.1) is 11.3 Å². The first-order chi connectivity index (χ1) is 14.8. The van der Waals surface area contributed by atoms with Gasteiger partial charge in [0.25, 0.3) is 15.9 Å². The van der Waals surface area contributed by atoms with Crippen molar-refractivity contribution in [1.82, 2.24) is 0 Å². The maximum atomic E-state index is 13.1. The van der Waals surface area contributed by atoms with E-state index in [1.807, 2.05) is 6.07 Å². The number of halogens is 1. The van der Waals surface area contributed by atoms with Crippen LogP contribution in [0.5, 0.6) is 5.75 Å². The highest BCUT2D eigenvalue weighted by Crippen LogP contribution is 2.27. The molecular weight excluding hydrogens is 438 g/mol. The highest BCUT2D eigenvalue weighted by atomic mass is 35.5. The van der Waals surface area contributed by atoms with Crippen molar-refractivity contribution in [3.63, 3.8) is 0 Å². The van der Waals surface area contributed by atoms with Crippen LogP contribution >= 0.6 is 11.6 Å². The van der Waals surface area contributed by atoms with Crippen LogP contribution in [-0.4, -0.2) is 28.5 Å². The van der Waals surface area contributed by atoms with Crippen molar-refractivity contribution in [2.24, 2.45) is 0 Å². The lowest BCUT2D eigenvalue weighted by Gasteiger charge is -2.20. The molecule has 0 saturated heterocycles. The molecule has 0 saturated carbocycles. The molecule has 0 spiro atoms. The zero-order valence-electron chi connectivity index (χ0n) is 16.7. The number of nitriles is 1. The molecule has 3 rings (SSSR count). The minimum Gasteiger partial charge on any atom is -0.497 e. The van der Waals surface area contributed by atoms with Gasteiger partial charge in [0.2, 0.25) is 0 Å². The summed E-state index contributed by atoms with van der Waals surface area (Å²) in [6, 6.07) is 18.7. The molecule has 0 unspecified atom stereocenters. The van der Waals surface area contributed by atoms with Crippen LogP contribution in [0.4, 0.5) is 11.4 Å². The van der Waals surface area contributed by atoms with Crippen LogP contribution in [0.3, 0.4) is 0 Å². The molecule has 0 aromatic heterocycles. The van der Waals surface area contributed by atoms with Crippen molar-refractivity contribution >= 4 is 38.9 Å². The molecule has 7 nitrogen and oxygen atoms in total. The van der Waals surface area contributed by atoms with Crippen LogP contribution in [0.15, 0.2) is 71.6 Å². The molecule has 0 fully saturated rings. The summed E-state index contributed by atoms with van der Waals surface area (Å²) in [6.07, 6.45) is 0. The molecule has 3 aromatic carbocycles. The average Bonchev–Trinajstić information content (AvgIpc) is 2.79. The average molecular weight is 456 g/mol. The number of anilines is 2. The molecule has 0 atom stereocenters. The summed E-state index contributed by atoms with van der Waals surface area (Å²) in [5.74, 6) is 0.0293. The smallest absolute Gasteiger partial charge is 0.264 e. The van der Waals surface area contributed by atoms with Crippen molar-refractivity contribution in [3.8, 4) is 11.8 Å². The Bertz CT molecular complexity index is 1250. The highest BCUT2D eigenvalue weighted by Gasteiger charge is 2.24. The van der Waals surface area contributed by atoms with Gasteiger partial charge >= 0.3 is 0 Å². The van der Waals surface area contributed by atoms with Crippen LogP contribution in [0.25, 0.3) is 0 Å². The van der Waals surface area contributed by atoms with Crippen LogP contribution < -0.4 is 14.4 Å². The van der Waals surface area contributed by atoms with Gasteiger partial charge in [-0.2, -0.15) is 5.26 Å². The van der Waals surface area contributed by atoms with Gasteiger partial charge in [-0.1, -0.05) is 11.6 Å². The van der Waals surface area contributed by atoms with Crippen LogP contribution in [0.2, 0.25) is 5.02 Å². The third kappa shape index (κ3) is 4.79. The molecule has 1 amide bonds. The summed E-state index contributed by atoms with van der Waals surface area (Å²) >= 11 is 6.16. The van der Waals surface area contributed by atoms with Crippen molar-refractivity contribution in [2.75, 3.05) is 23.8 Å². The number of nitrogens with one attached hydrogen (secondary N) is 1. The SMILES string of the molecule is COc1ccc(N(C)S(=O)(=O)c2ccc(Cl)c(C(=O)Nc3ccc(C#N)cc3)c2)cc1. The second kappa shape index (κ2) is 9.08. The number of rotatable bonds is 6. The minimum absolute atomic E-state index is 0.00947. The van der Waals surface area contributed by atoms with Crippen molar-refractivity contribution in [3.05, 3.63) is 82.9 Å². The molecule has 0 heterocycles. The topological polar surface area (TPSA) is 99.5 Å². The number of methoxy groups -OCH3 is 1. The number of sulfonamides is 1. The molecular formula is C22H18ClN3O4S. The summed E-state index contributed by atoms with van der Waals surface area (Å²) in [4.78, 5) is 12.6. The standard InChI is InChI=1S/C22H18ClN3O4S/c1-26(17-7-9-18(30-2)10-8-17)31(28,29)19-11-12-21(23)20(13-19)22(27)25-16-5-3-15(14-24)4-6-16/h3-13H,1-2H3,(H,25,27). The monoisotopic (exact) mass is 455 g/mol. The molecule has 0 radical (unpaired) electrons. The summed E-state index contributed by atoms with van der Waals surface area (Å²) in [6.45, 7) is 0. The predicted octanol–water partition coefficient (Wildman–Crippen LogP) is 4.30. The Morgan fingerprint density at radius 2 is 1.71 bits per heavy atom. The molecule has 3 aromatic rings. The third-order valence-electron chi connectivity index (χ3n) is 4.55. The Labute approximate surface area is 185 Å². The van der Waals surface area contributed by atoms with Gasteiger partial charge in [0.1, 0.15) is 5.75 Å². The first kappa shape index (κ1) is 22.2. The van der Waals surface area contributed by atoms with Crippen molar-refractivity contribution < 1.29 is 17.9 Å². The number of ether oxygens (including phenoxy) is 1. The maximum Gasteiger partial charge on any atom is 0.264 e. The molecule has 0 aliphatic heterocycles. The Hall–Kier alpha value is -3.54. The number of hydrogen-bond acceptors (Lipinski definition) is 5. The zero-order chi connectivity index (χ0) is 22.6. The van der Waals surface area contributed by atoms with Crippen molar-refractivity contribution in [2.45, 2.75) is 4.90 Å². The number of carbonyl (C=O) groups excluding carboxylic acids is 1. The highest BCUT2D eigenvalue weighted by molar-refractivity contribution is 7.92. The van der Waals surface area contributed by atoms with Gasteiger partial charge in [-0.15, -0.1) is 0 Å². The number of carbonyl (C=O) groups is 1. The van der Waals surface area contributed by atoms with E-state index in [0.29, 0.717) is 22.7 Å². The van der Waals surface area contributed by atoms with Gasteiger partial charge in [0.05, 0.1) is 39.9 Å². The summed E-state index contributed by atoms with van der Waals surface area (Å²) in [5.41, 5.74) is 1.34. The summed E-state index contributed by atoms with van der Waals surface area (Å²) < 4.78 is 32.4. The van der Waals surface area contributed by atoms with E-state index < -0.39 is 15.9 Å². The fourth-order valence-electron chi connectivity index (χ4n) is 2.75. The van der Waals surface area contributed by atoms with E-state index >= 15 is 0 Å². The van der Waals surface area contributed by atoms with Gasteiger partial charge in [0.15, 0.2) is 0 Å². The molecule has 31 heavy (non-hydrogen) atoms. The lowest BCUT2D eigenvalue weighted by molar-refractivity contribution is 0.102. The maximum absolute atomic E-state index is 13.1. The number of hydrogen-bond donors (Lipinski definition) is 1. The normalized spacial score (nSPS) is 10.8. The van der Waals surface area contributed by atoms with Gasteiger partial charge in [-0.05, 0) is 66.7 Å². The first-order valence-electron chi connectivity index (χ1n) is 9.00. The summed E-state index contributed by atoms with van der Waals surface area (Å²) in [5, 5.41) is 11.6. The van der Waals surface area contributed by atoms with E-state index in [1.54, 1.807) is 48.5 Å². The molecule has 0 aliphatic carbocycles. The number of amides is 1. The molecule has 1 N–H and O–H groups in total. The van der Waals surface area contributed by atoms with E-state index in [1.165, 1.54) is 32.4 Å². The lowest BCUT2D eigenvalue weighted by Crippen LogP contribution is -2.27. The molecule has 0 aliphatic rings. The van der Waals surface area contributed by atoms with E-state index in [2.05, 4.69) is 5.32 Å². The van der Waals surface area contributed by atoms with E-state index in [0.717, 1.165) is 4.31 Å². The second-order valence-electron chi connectivity index (χ2n) is 6.46. The van der Waals surface area contributed by atoms with Crippen molar-refractivity contribution in [1.29, 1.82) is 5.26 Å². The van der Waals surface area contributed by atoms with Gasteiger partial charge in [0, 0.05) is 12.7 Å². The van der Waals surface area contributed by atoms with Gasteiger partial charge in [-0.25, -0.2) is 8.42 Å². The molecule has 158 valence electrons. The largest absolute Gasteiger partial charge is 0.497 e. The van der Waals surface area contributed by atoms with Crippen LogP contribution in [-0.2, 0) is 10.0 Å². The Balaban J connectivity index is 1.89. The Morgan fingerprint density at radius 3 is 2.29 bits per heavy atom. The fraction of sp³-hybridized carbons (Fsp3) is 0.0909. The van der Waals surface area contributed by atoms with E-state index in [4.69, 9.17) is 21.6 Å². The number of nitrogens with zero attached hydrogens (tertiary/aromatic N) is 2. The lowest BCUT2D eigenvalue weighted by atomic mass is 10.2. The minimum atomic E-state index is -3.95. The fourth-order valence-corrected chi connectivity index (χ4v) is 4.18. The van der Waals surface area contributed by atoms with E-state index in [-0.39, 0.29) is 15.5 Å². The Kier molecular flexibility index (Phi) is 6.49. The van der Waals surface area contributed by atoms with Gasteiger partial charge in [-0.3, -0.25) is 9.10 Å². The first-order valence-corrected chi connectivity index (χ1v) is 10.8. The second-order valence-corrected chi connectivity index (χ2v) is 8.83. The Morgan fingerprint density at radius 1 is 1.06 bits per heavy atom. The molecule has 9 heteroatoms. The predicted molar refractivity (Wildman–Crippen MR) is 119 cm³/mol. The van der Waals surface area contributed by atoms with E-state index in [9.17, 15) is 13.2 Å². The zero-order valence-corrected chi connectivity index (χ0v) is 18.2. The van der Waals surface area contributed by atoms with Crippen LogP contribution in [0.1, 0.15) is 15.9 Å². The quantitative estimate of drug-likeness (QED) is 0.597. The molecule has 0 bridgehead atoms. The third-order valence-corrected chi connectivity index (χ3v) is 6.66. The summed E-state index contributed by atoms with van der Waals surface area (Å²) in [7, 11) is -1.01. The van der Waals surface area contributed by atoms with Gasteiger partial charge < -0.3 is 10.1 Å².